The summed E-state index contributed by atoms with van der Waals surface area (Å²) >= 11 is 0. The van der Waals surface area contributed by atoms with Crippen molar-refractivity contribution >= 4 is 0 Å². The van der Waals surface area contributed by atoms with E-state index in [2.05, 4.69) is 0 Å². The van der Waals surface area contributed by atoms with Crippen LogP contribution in [0.4, 0.5) is 4.39 Å². The van der Waals surface area contributed by atoms with E-state index in [1.165, 1.54) is 12.1 Å². The summed E-state index contributed by atoms with van der Waals surface area (Å²) in [4.78, 5) is 0. The first kappa shape index (κ1) is 11.1. The van der Waals surface area contributed by atoms with Crippen LogP contribution < -0.4 is 0 Å². The average Bonchev–Trinajstić information content (AvgIpc) is 2.21. The summed E-state index contributed by atoms with van der Waals surface area (Å²) in [5, 5.41) is 16.5. The molecule has 2 N–H and O–H groups in total. The molecule has 1 unspecified atom stereocenters. The maximum atomic E-state index is 12.7. The Morgan fingerprint density at radius 3 is 2.79 bits per heavy atom. The Balaban J connectivity index is 0.000000461. The van der Waals surface area contributed by atoms with Crippen LogP contribution in [0.5, 0.6) is 0 Å². The summed E-state index contributed by atoms with van der Waals surface area (Å²) in [6.45, 7) is 0. The Bertz CT molecular complexity index is 299. The molecule has 0 radical (unpaired) electrons. The van der Waals surface area contributed by atoms with E-state index in [0.717, 1.165) is 37.5 Å². The van der Waals surface area contributed by atoms with Crippen molar-refractivity contribution in [1.82, 2.24) is 0 Å². The number of rotatable bonds is 0. The van der Waals surface area contributed by atoms with Crippen LogP contribution in [0.15, 0.2) is 18.2 Å². The zero-order valence-electron chi connectivity index (χ0n) is 8.20. The highest BCUT2D eigenvalue weighted by atomic mass is 19.1. The van der Waals surface area contributed by atoms with Gasteiger partial charge in [-0.15, -0.1) is 0 Å². The van der Waals surface area contributed by atoms with Gasteiger partial charge < -0.3 is 10.2 Å². The lowest BCUT2D eigenvalue weighted by Gasteiger charge is -2.20. The summed E-state index contributed by atoms with van der Waals surface area (Å²) in [7, 11) is 1.00. The minimum absolute atomic E-state index is 0.206. The van der Waals surface area contributed by atoms with Crippen molar-refractivity contribution in [1.29, 1.82) is 0 Å². The second-order valence-electron chi connectivity index (χ2n) is 3.25. The van der Waals surface area contributed by atoms with Crippen molar-refractivity contribution in [3.8, 4) is 0 Å². The fourth-order valence-electron chi connectivity index (χ4n) is 1.76. The zero-order valence-corrected chi connectivity index (χ0v) is 8.20. The highest BCUT2D eigenvalue weighted by Crippen LogP contribution is 2.29. The molecule has 0 fully saturated rings. The second kappa shape index (κ2) is 5.08. The Morgan fingerprint density at radius 1 is 1.36 bits per heavy atom. The van der Waals surface area contributed by atoms with Gasteiger partial charge in [-0.3, -0.25) is 0 Å². The van der Waals surface area contributed by atoms with E-state index < -0.39 is 0 Å². The molecular formula is C11H15FO2. The molecule has 3 heteroatoms. The molecule has 1 aliphatic rings. The van der Waals surface area contributed by atoms with Crippen LogP contribution in [-0.4, -0.2) is 17.3 Å². The maximum absolute atomic E-state index is 12.7. The van der Waals surface area contributed by atoms with Gasteiger partial charge in [0.25, 0.3) is 0 Å². The van der Waals surface area contributed by atoms with Gasteiger partial charge in [0.1, 0.15) is 5.82 Å². The summed E-state index contributed by atoms with van der Waals surface area (Å²) in [6, 6.07) is 4.62. The molecule has 14 heavy (non-hydrogen) atoms. The van der Waals surface area contributed by atoms with E-state index in [1.807, 2.05) is 0 Å². The monoisotopic (exact) mass is 198 g/mol. The molecule has 2 nitrogen and oxygen atoms in total. The van der Waals surface area contributed by atoms with E-state index in [9.17, 15) is 9.50 Å². The summed E-state index contributed by atoms with van der Waals surface area (Å²) < 4.78 is 12.7. The van der Waals surface area contributed by atoms with Gasteiger partial charge in [0.2, 0.25) is 0 Å². The molecule has 0 saturated heterocycles. The Morgan fingerprint density at radius 2 is 2.07 bits per heavy atom. The first-order chi connectivity index (χ1) is 6.77. The standard InChI is InChI=1S/C10H11FO.CH4O/c11-8-4-5-9-7(6-8)2-1-3-10(9)12;1-2/h4-6,10,12H,1-3H2;2H,1H3. The topological polar surface area (TPSA) is 40.5 Å². The number of aryl methyl sites for hydroxylation is 1. The van der Waals surface area contributed by atoms with Gasteiger partial charge in [0.15, 0.2) is 0 Å². The lowest BCUT2D eigenvalue weighted by molar-refractivity contribution is 0.156. The highest BCUT2D eigenvalue weighted by Gasteiger charge is 2.17. The normalized spacial score (nSPS) is 19.3. The molecule has 0 spiro atoms. The Labute approximate surface area is 83.0 Å². The Kier molecular flexibility index (Phi) is 4.04. The third-order valence-electron chi connectivity index (χ3n) is 2.39. The van der Waals surface area contributed by atoms with Crippen LogP contribution in [-0.2, 0) is 6.42 Å². The summed E-state index contributed by atoms with van der Waals surface area (Å²) in [6.07, 6.45) is 2.27. The van der Waals surface area contributed by atoms with E-state index in [1.54, 1.807) is 6.07 Å². The molecule has 2 rings (SSSR count). The molecule has 1 atom stereocenters. The minimum atomic E-state index is -0.380. The number of fused-ring (bicyclic) bond motifs is 1. The van der Waals surface area contributed by atoms with Crippen LogP contribution in [0.2, 0.25) is 0 Å². The van der Waals surface area contributed by atoms with Crippen LogP contribution in [0.1, 0.15) is 30.1 Å². The predicted octanol–water partition coefficient (Wildman–Crippen LogP) is 1.80. The van der Waals surface area contributed by atoms with Gasteiger partial charge in [-0.2, -0.15) is 0 Å². The van der Waals surface area contributed by atoms with Crippen LogP contribution in [0.3, 0.4) is 0 Å². The second-order valence-corrected chi connectivity index (χ2v) is 3.25. The molecule has 1 aromatic carbocycles. The number of aliphatic hydroxyl groups excluding tert-OH is 2. The fraction of sp³-hybridized carbons (Fsp3) is 0.455. The molecule has 0 aliphatic heterocycles. The maximum Gasteiger partial charge on any atom is 0.123 e. The smallest absolute Gasteiger partial charge is 0.123 e. The van der Waals surface area contributed by atoms with Gasteiger partial charge in [-0.05, 0) is 42.5 Å². The first-order valence-corrected chi connectivity index (χ1v) is 4.68. The van der Waals surface area contributed by atoms with Gasteiger partial charge in [-0.1, -0.05) is 6.07 Å². The minimum Gasteiger partial charge on any atom is -0.400 e. The summed E-state index contributed by atoms with van der Waals surface area (Å²) in [5.74, 6) is -0.206. The molecule has 78 valence electrons. The molecule has 0 saturated carbocycles. The number of halogens is 1. The van der Waals surface area contributed by atoms with Gasteiger partial charge >= 0.3 is 0 Å². The SMILES string of the molecule is CO.OC1CCCc2cc(F)ccc21. The third-order valence-corrected chi connectivity index (χ3v) is 2.39. The van der Waals surface area contributed by atoms with Crippen molar-refractivity contribution in [3.05, 3.63) is 35.1 Å². The lowest BCUT2D eigenvalue weighted by Crippen LogP contribution is -2.08. The number of benzene rings is 1. The van der Waals surface area contributed by atoms with E-state index in [4.69, 9.17) is 5.11 Å². The quantitative estimate of drug-likeness (QED) is 0.667. The molecular weight excluding hydrogens is 183 g/mol. The van der Waals surface area contributed by atoms with Gasteiger partial charge in [-0.25, -0.2) is 4.39 Å². The first-order valence-electron chi connectivity index (χ1n) is 4.68. The predicted molar refractivity (Wildman–Crippen MR) is 52.4 cm³/mol. The van der Waals surface area contributed by atoms with Crippen LogP contribution in [0.25, 0.3) is 0 Å². The van der Waals surface area contributed by atoms with Crippen LogP contribution >= 0.6 is 0 Å². The molecule has 0 bridgehead atoms. The largest absolute Gasteiger partial charge is 0.400 e. The van der Waals surface area contributed by atoms with Crippen molar-refractivity contribution in [3.63, 3.8) is 0 Å². The van der Waals surface area contributed by atoms with E-state index in [0.29, 0.717) is 0 Å². The number of aliphatic hydroxyl groups is 2. The van der Waals surface area contributed by atoms with Crippen molar-refractivity contribution in [2.24, 2.45) is 0 Å². The lowest BCUT2D eigenvalue weighted by atomic mass is 9.89. The van der Waals surface area contributed by atoms with E-state index >= 15 is 0 Å². The molecule has 0 heterocycles. The van der Waals surface area contributed by atoms with Gasteiger partial charge in [0, 0.05) is 7.11 Å². The fourth-order valence-corrected chi connectivity index (χ4v) is 1.76. The third kappa shape index (κ3) is 2.30. The average molecular weight is 198 g/mol. The van der Waals surface area contributed by atoms with Crippen molar-refractivity contribution in [2.45, 2.75) is 25.4 Å². The van der Waals surface area contributed by atoms with Gasteiger partial charge in [0.05, 0.1) is 6.10 Å². The zero-order chi connectivity index (χ0) is 10.6. The molecule has 1 aliphatic carbocycles. The molecule has 0 aromatic heterocycles. The van der Waals surface area contributed by atoms with Crippen molar-refractivity contribution < 1.29 is 14.6 Å². The van der Waals surface area contributed by atoms with E-state index in [-0.39, 0.29) is 11.9 Å². The van der Waals surface area contributed by atoms with Crippen LogP contribution in [0, 0.1) is 5.82 Å². The summed E-state index contributed by atoms with van der Waals surface area (Å²) in [5.41, 5.74) is 1.87. The number of hydrogen-bond acceptors (Lipinski definition) is 2. The van der Waals surface area contributed by atoms with Crippen molar-refractivity contribution in [2.75, 3.05) is 7.11 Å². The Hall–Kier alpha value is -0.930. The number of hydrogen-bond donors (Lipinski definition) is 2. The highest BCUT2D eigenvalue weighted by molar-refractivity contribution is 5.31. The molecule has 0 amide bonds. The molecule has 1 aromatic rings.